The van der Waals surface area contributed by atoms with Crippen LogP contribution in [0.5, 0.6) is 0 Å². The van der Waals surface area contributed by atoms with Crippen LogP contribution in [0.4, 0.5) is 0 Å². The van der Waals surface area contributed by atoms with Gasteiger partial charge in [0.05, 0.1) is 5.52 Å². The maximum atomic E-state index is 4.69. The second-order valence-corrected chi connectivity index (χ2v) is 5.60. The molecule has 5 radical (unpaired) electrons. The van der Waals surface area contributed by atoms with Crippen LogP contribution in [0.2, 0.25) is 0 Å². The van der Waals surface area contributed by atoms with E-state index in [4.69, 9.17) is 4.98 Å². The highest BCUT2D eigenvalue weighted by atomic mass is 79.9. The highest BCUT2D eigenvalue weighted by Gasteiger charge is 2.20. The Morgan fingerprint density at radius 1 is 0.941 bits per heavy atom. The van der Waals surface area contributed by atoms with Crippen molar-refractivity contribution in [1.82, 2.24) is 4.98 Å². The van der Waals surface area contributed by atoms with Gasteiger partial charge in [-0.1, -0.05) is 22.0 Å². The lowest BCUT2D eigenvalue weighted by Gasteiger charge is -2.09. The van der Waals surface area contributed by atoms with Gasteiger partial charge in [0, 0.05) is 25.9 Å². The lowest BCUT2D eigenvalue weighted by molar-refractivity contribution is 1.17. The maximum absolute atomic E-state index is 4.69. The summed E-state index contributed by atoms with van der Waals surface area (Å²) in [7, 11) is 0. The largest absolute Gasteiger partial charge is 0.251 e. The first kappa shape index (κ1) is 11.7. The second kappa shape index (κ2) is 4.69. The average Bonchev–Trinajstić information content (AvgIpc) is 2.82. The molecule has 0 unspecified atom stereocenters. The Hall–Kier alpha value is -0.410. The van der Waals surface area contributed by atoms with Gasteiger partial charge in [0.25, 0.3) is 0 Å². The van der Waals surface area contributed by atoms with Crippen LogP contribution < -0.4 is 0 Å². The number of hydrogen-bond acceptors (Lipinski definition) is 1. The average molecular weight is 350 g/mol. The molecule has 83 valence electrons. The zero-order valence-electron chi connectivity index (χ0n) is 8.82. The third-order valence-electron chi connectivity index (χ3n) is 2.67. The van der Waals surface area contributed by atoms with E-state index in [1.807, 2.05) is 18.9 Å². The van der Waals surface area contributed by atoms with Crippen molar-refractivity contribution in [3.05, 3.63) is 70.5 Å². The minimum atomic E-state index is 0.993. The summed E-state index contributed by atoms with van der Waals surface area (Å²) in [4.78, 5) is 4.69. The van der Waals surface area contributed by atoms with Crippen molar-refractivity contribution in [2.24, 2.45) is 0 Å². The van der Waals surface area contributed by atoms with E-state index in [0.29, 0.717) is 0 Å². The molecule has 1 aliphatic carbocycles. The minimum Gasteiger partial charge on any atom is -0.251 e. The quantitative estimate of drug-likeness (QED) is 0.737. The van der Waals surface area contributed by atoms with Gasteiger partial charge in [-0.25, -0.2) is 0 Å². The highest BCUT2D eigenvalue weighted by Crippen LogP contribution is 2.32. The SMILES string of the molecule is Brc1cc(Br)c2nc([C]3[CH][CH][CH][CH]3)ccc2c1. The first-order valence-electron chi connectivity index (χ1n) is 5.22. The van der Waals surface area contributed by atoms with Gasteiger partial charge in [0.1, 0.15) is 0 Å². The fourth-order valence-electron chi connectivity index (χ4n) is 1.86. The Balaban J connectivity index is 2.11. The van der Waals surface area contributed by atoms with Gasteiger partial charge in [0.15, 0.2) is 0 Å². The van der Waals surface area contributed by atoms with E-state index in [9.17, 15) is 0 Å². The smallest absolute Gasteiger partial charge is 0.0848 e. The van der Waals surface area contributed by atoms with Gasteiger partial charge in [-0.15, -0.1) is 0 Å². The molecule has 1 fully saturated rings. The molecule has 1 heterocycles. The van der Waals surface area contributed by atoms with Crippen molar-refractivity contribution in [2.45, 2.75) is 0 Å². The van der Waals surface area contributed by atoms with Crippen LogP contribution in [0, 0.1) is 31.6 Å². The summed E-state index contributed by atoms with van der Waals surface area (Å²) >= 11 is 7.04. The number of fused-ring (bicyclic) bond motifs is 1. The molecule has 0 N–H and O–H groups in total. The highest BCUT2D eigenvalue weighted by molar-refractivity contribution is 9.11. The number of aromatic nitrogens is 1. The summed E-state index contributed by atoms with van der Waals surface area (Å²) in [5.74, 6) is 1.15. The summed E-state index contributed by atoms with van der Waals surface area (Å²) in [6.45, 7) is 0. The molecule has 1 saturated carbocycles. The Morgan fingerprint density at radius 2 is 1.71 bits per heavy atom. The normalized spacial score (nSPS) is 16.8. The zero-order valence-corrected chi connectivity index (χ0v) is 12.0. The molecule has 1 aromatic heterocycles. The Morgan fingerprint density at radius 3 is 2.47 bits per heavy atom. The topological polar surface area (TPSA) is 12.9 Å². The molecule has 0 aliphatic heterocycles. The van der Waals surface area contributed by atoms with Gasteiger partial charge < -0.3 is 0 Å². The summed E-state index contributed by atoms with van der Waals surface area (Å²) < 4.78 is 2.06. The number of halogens is 2. The summed E-state index contributed by atoms with van der Waals surface area (Å²) in [5.41, 5.74) is 2.00. The predicted molar refractivity (Wildman–Crippen MR) is 76.7 cm³/mol. The molecule has 1 aromatic carbocycles. The monoisotopic (exact) mass is 348 g/mol. The molecule has 17 heavy (non-hydrogen) atoms. The fourth-order valence-corrected chi connectivity index (χ4v) is 3.21. The molecular formula is C14H8Br2N. The molecule has 3 heteroatoms. The first-order valence-corrected chi connectivity index (χ1v) is 6.80. The van der Waals surface area contributed by atoms with E-state index in [-0.39, 0.29) is 0 Å². The molecule has 0 saturated heterocycles. The van der Waals surface area contributed by atoms with Crippen molar-refractivity contribution in [3.63, 3.8) is 0 Å². The number of benzene rings is 1. The lowest BCUT2D eigenvalue weighted by Crippen LogP contribution is -1.98. The Bertz CT molecular complexity index is 559. The number of hydrogen-bond donors (Lipinski definition) is 0. The van der Waals surface area contributed by atoms with Crippen molar-refractivity contribution in [3.8, 4) is 0 Å². The molecule has 3 rings (SSSR count). The Kier molecular flexibility index (Phi) is 3.22. The van der Waals surface area contributed by atoms with Crippen LogP contribution in [-0.2, 0) is 0 Å². The third-order valence-corrected chi connectivity index (χ3v) is 3.73. The number of pyridine rings is 1. The molecule has 0 spiro atoms. The molecule has 0 bridgehead atoms. The summed E-state index contributed by atoms with van der Waals surface area (Å²) in [6, 6.07) is 8.24. The number of rotatable bonds is 1. The Labute approximate surface area is 118 Å². The summed E-state index contributed by atoms with van der Waals surface area (Å²) in [6.07, 6.45) is 8.19. The molecule has 0 atom stereocenters. The van der Waals surface area contributed by atoms with Gasteiger partial charge in [-0.05, 0) is 59.8 Å². The molecule has 1 nitrogen and oxygen atoms in total. The van der Waals surface area contributed by atoms with E-state index in [0.717, 1.165) is 31.5 Å². The van der Waals surface area contributed by atoms with Gasteiger partial charge in [-0.2, -0.15) is 0 Å². The van der Waals surface area contributed by atoms with Crippen molar-refractivity contribution in [1.29, 1.82) is 0 Å². The first-order chi connectivity index (χ1) is 8.24. The zero-order chi connectivity index (χ0) is 11.8. The maximum Gasteiger partial charge on any atom is 0.0848 e. The van der Waals surface area contributed by atoms with Crippen LogP contribution in [0.15, 0.2) is 33.2 Å². The van der Waals surface area contributed by atoms with E-state index in [2.05, 4.69) is 62.9 Å². The van der Waals surface area contributed by atoms with E-state index in [1.165, 1.54) is 0 Å². The van der Waals surface area contributed by atoms with Crippen molar-refractivity contribution in [2.75, 3.05) is 0 Å². The standard InChI is InChI=1S/C14H8Br2N/c15-11-7-10-5-6-13(9-3-1-2-4-9)17-14(10)12(16)8-11/h1-8H. The van der Waals surface area contributed by atoms with Crippen molar-refractivity contribution < 1.29 is 0 Å². The van der Waals surface area contributed by atoms with Gasteiger partial charge in [-0.3, -0.25) is 4.98 Å². The molecule has 0 amide bonds. The van der Waals surface area contributed by atoms with Gasteiger partial charge >= 0.3 is 0 Å². The van der Waals surface area contributed by atoms with E-state index >= 15 is 0 Å². The molecule has 2 aromatic rings. The van der Waals surface area contributed by atoms with Crippen molar-refractivity contribution >= 4 is 42.8 Å². The molecule has 1 aliphatic rings. The van der Waals surface area contributed by atoms with E-state index < -0.39 is 0 Å². The lowest BCUT2D eigenvalue weighted by atomic mass is 10.0. The second-order valence-electron chi connectivity index (χ2n) is 3.83. The van der Waals surface area contributed by atoms with Crippen LogP contribution >= 0.6 is 31.9 Å². The molecular weight excluding hydrogens is 342 g/mol. The summed E-state index contributed by atoms with van der Waals surface area (Å²) in [5, 5.41) is 1.13. The minimum absolute atomic E-state index is 0.993. The predicted octanol–water partition coefficient (Wildman–Crippen LogP) is 4.51. The third kappa shape index (κ3) is 2.27. The number of nitrogens with zero attached hydrogens (tertiary/aromatic N) is 1. The van der Waals surface area contributed by atoms with Crippen LogP contribution in [0.25, 0.3) is 10.9 Å². The van der Waals surface area contributed by atoms with Crippen LogP contribution in [0.3, 0.4) is 0 Å². The van der Waals surface area contributed by atoms with E-state index in [1.54, 1.807) is 0 Å². The van der Waals surface area contributed by atoms with Gasteiger partial charge in [0.2, 0.25) is 0 Å². The van der Waals surface area contributed by atoms with Crippen LogP contribution in [0.1, 0.15) is 5.69 Å². The fraction of sp³-hybridized carbons (Fsp3) is 0. The van der Waals surface area contributed by atoms with Crippen LogP contribution in [-0.4, -0.2) is 4.98 Å².